The van der Waals surface area contributed by atoms with Gasteiger partial charge in [0.2, 0.25) is 11.8 Å². The lowest BCUT2D eigenvalue weighted by molar-refractivity contribution is -0.142. The van der Waals surface area contributed by atoms with Gasteiger partial charge in [0.1, 0.15) is 6.04 Å². The minimum atomic E-state index is -0.531. The molecule has 0 saturated carbocycles. The molecule has 2 aliphatic rings. The molecule has 1 N–H and O–H groups in total. The number of likely N-dealkylation sites (tertiary alicyclic amines) is 1. The van der Waals surface area contributed by atoms with E-state index in [-0.39, 0.29) is 11.8 Å². The molecule has 0 spiro atoms. The Kier molecular flexibility index (Phi) is 6.60. The summed E-state index contributed by atoms with van der Waals surface area (Å²) >= 11 is 1.84. The van der Waals surface area contributed by atoms with Crippen LogP contribution in [-0.2, 0) is 28.9 Å². The van der Waals surface area contributed by atoms with Crippen molar-refractivity contribution in [3.63, 3.8) is 0 Å². The van der Waals surface area contributed by atoms with E-state index in [0.717, 1.165) is 37.7 Å². The molecular weight excluding hydrogens is 382 g/mol. The van der Waals surface area contributed by atoms with Crippen molar-refractivity contribution < 1.29 is 9.59 Å². The summed E-state index contributed by atoms with van der Waals surface area (Å²) < 4.78 is 0. The predicted molar refractivity (Wildman–Crippen MR) is 115 cm³/mol. The van der Waals surface area contributed by atoms with E-state index in [9.17, 15) is 9.59 Å². The third-order valence-electron chi connectivity index (χ3n) is 5.79. The number of piperidine rings is 1. The standard InChI is InChI=1S/C23H29N3O2S/c27-21-14-6-7-16-26(21)22(17-9-2-1-3-10-17)23(28)24-15-8-13-20-25-18-11-4-5-12-19(18)29-20/h1-3,9-10,22H,4-8,11-16H2,(H,24,28). The van der Waals surface area contributed by atoms with Gasteiger partial charge < -0.3 is 10.2 Å². The van der Waals surface area contributed by atoms with E-state index in [1.165, 1.54) is 34.8 Å². The first kappa shape index (κ1) is 20.1. The van der Waals surface area contributed by atoms with Crippen LogP contribution in [0.2, 0.25) is 0 Å². The van der Waals surface area contributed by atoms with Crippen molar-refractivity contribution in [1.82, 2.24) is 15.2 Å². The molecule has 6 heteroatoms. The Hall–Kier alpha value is -2.21. The Morgan fingerprint density at radius 2 is 1.90 bits per heavy atom. The quantitative estimate of drug-likeness (QED) is 0.705. The molecule has 2 amide bonds. The first-order valence-electron chi connectivity index (χ1n) is 10.8. The Morgan fingerprint density at radius 1 is 1.10 bits per heavy atom. The summed E-state index contributed by atoms with van der Waals surface area (Å²) in [6, 6.07) is 9.13. The number of carbonyl (C=O) groups is 2. The number of hydrogen-bond acceptors (Lipinski definition) is 4. The van der Waals surface area contributed by atoms with Crippen LogP contribution >= 0.6 is 11.3 Å². The summed E-state index contributed by atoms with van der Waals surface area (Å²) in [5, 5.41) is 4.27. The molecule has 1 aromatic heterocycles. The van der Waals surface area contributed by atoms with Crippen LogP contribution in [0.15, 0.2) is 30.3 Å². The number of carbonyl (C=O) groups excluding carboxylic acids is 2. The average molecular weight is 412 g/mol. The Morgan fingerprint density at radius 3 is 2.69 bits per heavy atom. The molecule has 1 aliphatic carbocycles. The van der Waals surface area contributed by atoms with Gasteiger partial charge >= 0.3 is 0 Å². The zero-order chi connectivity index (χ0) is 20.1. The van der Waals surface area contributed by atoms with Crippen molar-refractivity contribution in [2.45, 2.75) is 63.8 Å². The molecule has 0 radical (unpaired) electrons. The minimum absolute atomic E-state index is 0.0774. The van der Waals surface area contributed by atoms with Crippen molar-refractivity contribution in [2.24, 2.45) is 0 Å². The molecule has 1 atom stereocenters. The highest BCUT2D eigenvalue weighted by atomic mass is 32.1. The van der Waals surface area contributed by atoms with Gasteiger partial charge in [-0.1, -0.05) is 30.3 Å². The van der Waals surface area contributed by atoms with Crippen LogP contribution in [0, 0.1) is 0 Å². The molecular formula is C23H29N3O2S. The largest absolute Gasteiger partial charge is 0.354 e. The number of benzene rings is 1. The molecule has 5 nitrogen and oxygen atoms in total. The maximum Gasteiger partial charge on any atom is 0.247 e. The minimum Gasteiger partial charge on any atom is -0.354 e. The van der Waals surface area contributed by atoms with Gasteiger partial charge in [-0.05, 0) is 50.5 Å². The highest BCUT2D eigenvalue weighted by Gasteiger charge is 2.32. The van der Waals surface area contributed by atoms with Gasteiger partial charge in [-0.2, -0.15) is 0 Å². The van der Waals surface area contributed by atoms with Crippen LogP contribution in [0.5, 0.6) is 0 Å². The number of hydrogen-bond donors (Lipinski definition) is 1. The SMILES string of the molecule is O=C(NCCCc1nc2c(s1)CCCC2)C(c1ccccc1)N1CCCCC1=O. The lowest BCUT2D eigenvalue weighted by Gasteiger charge is -2.34. The number of fused-ring (bicyclic) bond motifs is 1. The van der Waals surface area contributed by atoms with E-state index < -0.39 is 6.04 Å². The molecule has 29 heavy (non-hydrogen) atoms. The van der Waals surface area contributed by atoms with E-state index in [2.05, 4.69) is 5.32 Å². The molecule has 4 rings (SSSR count). The first-order valence-corrected chi connectivity index (χ1v) is 11.6. The van der Waals surface area contributed by atoms with Crippen LogP contribution in [0.4, 0.5) is 0 Å². The summed E-state index contributed by atoms with van der Waals surface area (Å²) in [6.45, 7) is 1.25. The first-order chi connectivity index (χ1) is 14.2. The Labute approximate surface area is 176 Å². The summed E-state index contributed by atoms with van der Waals surface area (Å²) in [5.41, 5.74) is 2.18. The monoisotopic (exact) mass is 411 g/mol. The van der Waals surface area contributed by atoms with Gasteiger partial charge in [-0.3, -0.25) is 9.59 Å². The van der Waals surface area contributed by atoms with Crippen molar-refractivity contribution in [3.8, 4) is 0 Å². The fourth-order valence-corrected chi connectivity index (χ4v) is 5.47. The topological polar surface area (TPSA) is 62.3 Å². The number of nitrogens with zero attached hydrogens (tertiary/aromatic N) is 2. The van der Waals surface area contributed by atoms with Crippen LogP contribution in [-0.4, -0.2) is 34.8 Å². The third-order valence-corrected chi connectivity index (χ3v) is 7.01. The highest BCUT2D eigenvalue weighted by molar-refractivity contribution is 7.11. The molecule has 1 aliphatic heterocycles. The van der Waals surface area contributed by atoms with Gasteiger partial charge in [-0.25, -0.2) is 4.98 Å². The second-order valence-corrected chi connectivity index (χ2v) is 9.10. The summed E-state index contributed by atoms with van der Waals surface area (Å²) in [4.78, 5) is 33.5. The third kappa shape index (κ3) is 4.86. The lowest BCUT2D eigenvalue weighted by atomic mass is 10.0. The van der Waals surface area contributed by atoms with Crippen LogP contribution < -0.4 is 5.32 Å². The van der Waals surface area contributed by atoms with Crippen molar-refractivity contribution in [2.75, 3.05) is 13.1 Å². The molecule has 1 saturated heterocycles. The van der Waals surface area contributed by atoms with E-state index in [4.69, 9.17) is 4.98 Å². The van der Waals surface area contributed by atoms with Gasteiger partial charge in [-0.15, -0.1) is 11.3 Å². The van der Waals surface area contributed by atoms with Gasteiger partial charge in [0.05, 0.1) is 10.7 Å². The number of amides is 2. The van der Waals surface area contributed by atoms with Gasteiger partial charge in [0, 0.05) is 30.8 Å². The maximum absolute atomic E-state index is 13.0. The second kappa shape index (κ2) is 9.53. The molecule has 2 aromatic rings. The van der Waals surface area contributed by atoms with E-state index in [1.54, 1.807) is 4.90 Å². The number of aromatic nitrogens is 1. The molecule has 1 aromatic carbocycles. The molecule has 1 fully saturated rings. The van der Waals surface area contributed by atoms with E-state index in [1.807, 2.05) is 41.7 Å². The number of aryl methyl sites for hydroxylation is 3. The summed E-state index contributed by atoms with van der Waals surface area (Å²) in [6.07, 6.45) is 8.99. The fraction of sp³-hybridized carbons (Fsp3) is 0.522. The van der Waals surface area contributed by atoms with Gasteiger partial charge in [0.15, 0.2) is 0 Å². The lowest BCUT2D eigenvalue weighted by Crippen LogP contribution is -2.46. The number of rotatable bonds is 7. The van der Waals surface area contributed by atoms with Crippen molar-refractivity contribution in [3.05, 3.63) is 51.5 Å². The summed E-state index contributed by atoms with van der Waals surface area (Å²) in [7, 11) is 0. The smallest absolute Gasteiger partial charge is 0.247 e. The molecule has 2 heterocycles. The average Bonchev–Trinajstić information content (AvgIpc) is 3.16. The van der Waals surface area contributed by atoms with Crippen LogP contribution in [0.1, 0.15) is 65.7 Å². The normalized spacial score (nSPS) is 17.7. The number of thiazole rings is 1. The zero-order valence-electron chi connectivity index (χ0n) is 16.9. The van der Waals surface area contributed by atoms with Crippen molar-refractivity contribution in [1.29, 1.82) is 0 Å². The predicted octanol–water partition coefficient (Wildman–Crippen LogP) is 3.82. The number of nitrogens with one attached hydrogen (secondary N) is 1. The highest BCUT2D eigenvalue weighted by Crippen LogP contribution is 2.28. The summed E-state index contributed by atoms with van der Waals surface area (Å²) in [5.74, 6) is -0.00139. The van der Waals surface area contributed by atoms with E-state index >= 15 is 0 Å². The molecule has 1 unspecified atom stereocenters. The molecule has 0 bridgehead atoms. The zero-order valence-corrected chi connectivity index (χ0v) is 17.7. The molecule has 154 valence electrons. The fourth-order valence-electron chi connectivity index (χ4n) is 4.27. The maximum atomic E-state index is 13.0. The van der Waals surface area contributed by atoms with E-state index in [0.29, 0.717) is 19.5 Å². The van der Waals surface area contributed by atoms with Gasteiger partial charge in [0.25, 0.3) is 0 Å². The van der Waals surface area contributed by atoms with Crippen LogP contribution in [0.25, 0.3) is 0 Å². The second-order valence-electron chi connectivity index (χ2n) is 7.94. The van der Waals surface area contributed by atoms with Crippen LogP contribution in [0.3, 0.4) is 0 Å². The Balaban J connectivity index is 1.35. The Bertz CT molecular complexity index is 826. The van der Waals surface area contributed by atoms with Crippen molar-refractivity contribution >= 4 is 23.2 Å².